The summed E-state index contributed by atoms with van der Waals surface area (Å²) in [5.74, 6) is -15.6. The molecule has 3 rings (SSSR count). The number of fused-ring (bicyclic) bond motifs is 2. The summed E-state index contributed by atoms with van der Waals surface area (Å²) in [6.07, 6.45) is -2.41. The zero-order valence-electron chi connectivity index (χ0n) is 14.2. The van der Waals surface area contributed by atoms with E-state index in [1.807, 2.05) is 0 Å². The normalized spacial score (nSPS) is 32.8. The number of nitriles is 3. The number of halogens is 5. The van der Waals surface area contributed by atoms with E-state index in [1.165, 1.54) is 26.0 Å². The van der Waals surface area contributed by atoms with Gasteiger partial charge in [-0.1, -0.05) is 6.92 Å². The van der Waals surface area contributed by atoms with Crippen LogP contribution >= 0.6 is 0 Å². The van der Waals surface area contributed by atoms with Crippen molar-refractivity contribution in [2.24, 2.45) is 16.7 Å². The van der Waals surface area contributed by atoms with E-state index in [4.69, 9.17) is 14.9 Å². The van der Waals surface area contributed by atoms with E-state index in [2.05, 4.69) is 0 Å². The maximum Gasteiger partial charge on any atom is 0.214 e. The van der Waals surface area contributed by atoms with Gasteiger partial charge in [-0.3, -0.25) is 5.41 Å². The molecule has 0 radical (unpaired) electrons. The van der Waals surface area contributed by atoms with Crippen LogP contribution in [0.2, 0.25) is 0 Å². The summed E-state index contributed by atoms with van der Waals surface area (Å²) in [6, 6.07) is 4.46. The third kappa shape index (κ3) is 1.83. The molecule has 1 N–H and O–H groups in total. The summed E-state index contributed by atoms with van der Waals surface area (Å²) < 4.78 is 80.3. The molecular weight excluding hydrogens is 387 g/mol. The molecule has 0 aliphatic carbocycles. The fourth-order valence-electron chi connectivity index (χ4n) is 3.82. The first-order chi connectivity index (χ1) is 13.0. The second-order valence-corrected chi connectivity index (χ2v) is 6.60. The highest BCUT2D eigenvalue weighted by Crippen LogP contribution is 2.66. The lowest BCUT2D eigenvalue weighted by molar-refractivity contribution is -0.270. The summed E-state index contributed by atoms with van der Waals surface area (Å²) >= 11 is 0. The molecule has 0 amide bonds. The largest absolute Gasteiger partial charge is 0.448 e. The minimum atomic E-state index is -2.84. The molecule has 2 aliphatic heterocycles. The first-order valence-corrected chi connectivity index (χ1v) is 7.70. The van der Waals surface area contributed by atoms with Crippen LogP contribution in [0.25, 0.3) is 0 Å². The lowest BCUT2D eigenvalue weighted by Crippen LogP contribution is -2.58. The molecule has 144 valence electrons. The second-order valence-electron chi connectivity index (χ2n) is 6.60. The standard InChI is InChI=1S/C17H9F5N4O2/c1-6-15(2)27-13(7-8(18)10(20)12(22)11(21)9(7)19)16(3-23,4-24)17(6,5-25)14(26)28-15/h6,13,26H,1-2H3. The average molecular weight is 396 g/mol. The van der Waals surface area contributed by atoms with Crippen LogP contribution in [0.5, 0.6) is 0 Å². The highest BCUT2D eigenvalue weighted by molar-refractivity contribution is 5.89. The van der Waals surface area contributed by atoms with Crippen molar-refractivity contribution >= 4 is 5.90 Å². The van der Waals surface area contributed by atoms with Crippen molar-refractivity contribution in [1.29, 1.82) is 21.2 Å². The van der Waals surface area contributed by atoms with Crippen molar-refractivity contribution < 1.29 is 31.4 Å². The molecule has 1 aromatic rings. The summed E-state index contributed by atoms with van der Waals surface area (Å²) in [6.45, 7) is 2.48. The van der Waals surface area contributed by atoms with Crippen molar-refractivity contribution in [1.82, 2.24) is 0 Å². The molecule has 6 nitrogen and oxygen atoms in total. The monoisotopic (exact) mass is 396 g/mol. The Labute approximate surface area is 154 Å². The maximum atomic E-state index is 14.4. The minimum Gasteiger partial charge on any atom is -0.448 e. The number of nitrogens with zero attached hydrogens (tertiary/aromatic N) is 3. The Bertz CT molecular complexity index is 1010. The van der Waals surface area contributed by atoms with Crippen LogP contribution in [-0.2, 0) is 9.47 Å². The van der Waals surface area contributed by atoms with Gasteiger partial charge in [-0.2, -0.15) is 15.8 Å². The summed E-state index contributed by atoms with van der Waals surface area (Å²) in [4.78, 5) is 0. The van der Waals surface area contributed by atoms with Gasteiger partial charge in [0.05, 0.1) is 29.7 Å². The van der Waals surface area contributed by atoms with E-state index in [0.29, 0.717) is 0 Å². The van der Waals surface area contributed by atoms with Gasteiger partial charge in [-0.25, -0.2) is 22.0 Å². The van der Waals surface area contributed by atoms with Gasteiger partial charge < -0.3 is 9.47 Å². The van der Waals surface area contributed by atoms with Crippen molar-refractivity contribution in [2.75, 3.05) is 0 Å². The second kappa shape index (κ2) is 5.63. The third-order valence-electron chi connectivity index (χ3n) is 5.50. The fourth-order valence-corrected chi connectivity index (χ4v) is 3.82. The van der Waals surface area contributed by atoms with Gasteiger partial charge >= 0.3 is 0 Å². The molecule has 4 unspecified atom stereocenters. The Kier molecular flexibility index (Phi) is 3.93. The predicted octanol–water partition coefficient (Wildman–Crippen LogP) is 3.36. The first kappa shape index (κ1) is 19.5. The van der Waals surface area contributed by atoms with Crippen LogP contribution in [0.15, 0.2) is 0 Å². The van der Waals surface area contributed by atoms with Crippen molar-refractivity contribution in [3.8, 4) is 18.2 Å². The minimum absolute atomic E-state index is 0.875. The number of hydrogen-bond donors (Lipinski definition) is 1. The van der Waals surface area contributed by atoms with Crippen LogP contribution in [0.1, 0.15) is 25.5 Å². The predicted molar refractivity (Wildman–Crippen MR) is 78.1 cm³/mol. The van der Waals surface area contributed by atoms with Crippen molar-refractivity contribution in [3.63, 3.8) is 0 Å². The number of ether oxygens (including phenoxy) is 2. The van der Waals surface area contributed by atoms with Gasteiger partial charge in [0.25, 0.3) is 0 Å². The average Bonchev–Trinajstić information content (AvgIpc) is 2.81. The molecule has 11 heteroatoms. The quantitative estimate of drug-likeness (QED) is 0.444. The highest BCUT2D eigenvalue weighted by atomic mass is 19.2. The molecule has 2 bridgehead atoms. The van der Waals surface area contributed by atoms with Gasteiger partial charge in [0.15, 0.2) is 28.7 Å². The van der Waals surface area contributed by atoms with Crippen LogP contribution in [0, 0.1) is 85.2 Å². The molecule has 0 aromatic heterocycles. The number of benzene rings is 1. The molecule has 0 spiro atoms. The molecule has 4 atom stereocenters. The topological polar surface area (TPSA) is 114 Å². The maximum absolute atomic E-state index is 14.4. The Morgan fingerprint density at radius 1 is 0.893 bits per heavy atom. The lowest BCUT2D eigenvalue weighted by Gasteiger charge is -2.47. The zero-order chi connectivity index (χ0) is 21.2. The van der Waals surface area contributed by atoms with Crippen molar-refractivity contribution in [2.45, 2.75) is 25.7 Å². The number of rotatable bonds is 1. The van der Waals surface area contributed by atoms with E-state index in [1.54, 1.807) is 6.07 Å². The Balaban J connectivity index is 2.46. The van der Waals surface area contributed by atoms with Gasteiger partial charge in [0.2, 0.25) is 22.9 Å². The molecule has 2 aliphatic rings. The van der Waals surface area contributed by atoms with E-state index >= 15 is 0 Å². The first-order valence-electron chi connectivity index (χ1n) is 7.70. The Morgan fingerprint density at radius 3 is 1.79 bits per heavy atom. The van der Waals surface area contributed by atoms with E-state index in [0.717, 1.165) is 0 Å². The van der Waals surface area contributed by atoms with E-state index in [-0.39, 0.29) is 0 Å². The van der Waals surface area contributed by atoms with Crippen molar-refractivity contribution in [3.05, 3.63) is 34.6 Å². The van der Waals surface area contributed by atoms with Crippen LogP contribution in [-0.4, -0.2) is 11.7 Å². The molecular formula is C17H9F5N4O2. The SMILES string of the molecule is CC1C2(C)OC(=N)C1(C#N)C(C#N)(C#N)C(c1c(F)c(F)c(F)c(F)c1F)O2. The van der Waals surface area contributed by atoms with Crippen LogP contribution in [0.4, 0.5) is 22.0 Å². The summed E-state index contributed by atoms with van der Waals surface area (Å²) in [7, 11) is 0. The van der Waals surface area contributed by atoms with Crippen LogP contribution < -0.4 is 0 Å². The fraction of sp³-hybridized carbons (Fsp3) is 0.412. The lowest BCUT2D eigenvalue weighted by atomic mass is 9.54. The highest BCUT2D eigenvalue weighted by Gasteiger charge is 2.78. The van der Waals surface area contributed by atoms with E-state index in [9.17, 15) is 37.7 Å². The summed E-state index contributed by atoms with van der Waals surface area (Å²) in [5, 5.41) is 37.2. The van der Waals surface area contributed by atoms with Gasteiger partial charge in [0.1, 0.15) is 6.10 Å². The Morgan fingerprint density at radius 2 is 1.36 bits per heavy atom. The number of nitrogens with one attached hydrogen (secondary N) is 1. The van der Waals surface area contributed by atoms with Crippen LogP contribution in [0.3, 0.4) is 0 Å². The molecule has 2 saturated heterocycles. The summed E-state index contributed by atoms with van der Waals surface area (Å²) in [5.41, 5.74) is -6.81. The molecule has 2 heterocycles. The van der Waals surface area contributed by atoms with Gasteiger partial charge in [-0.15, -0.1) is 0 Å². The molecule has 28 heavy (non-hydrogen) atoms. The number of hydrogen-bond acceptors (Lipinski definition) is 6. The molecule has 2 fully saturated rings. The van der Waals surface area contributed by atoms with Gasteiger partial charge in [0, 0.05) is 6.92 Å². The van der Waals surface area contributed by atoms with Gasteiger partial charge in [-0.05, 0) is 0 Å². The zero-order valence-corrected chi connectivity index (χ0v) is 14.2. The third-order valence-corrected chi connectivity index (χ3v) is 5.50. The van der Waals surface area contributed by atoms with E-state index < -0.39 is 69.2 Å². The molecule has 0 saturated carbocycles. The Hall–Kier alpha value is -3.23. The molecule has 1 aromatic carbocycles. The smallest absolute Gasteiger partial charge is 0.214 e.